The van der Waals surface area contributed by atoms with Crippen LogP contribution in [0.5, 0.6) is 0 Å². The van der Waals surface area contributed by atoms with E-state index in [0.29, 0.717) is 0 Å². The molecule has 0 atom stereocenters. The third-order valence-electron chi connectivity index (χ3n) is 3.06. The van der Waals surface area contributed by atoms with Crippen LogP contribution in [0.4, 0.5) is 0 Å². The van der Waals surface area contributed by atoms with Gasteiger partial charge < -0.3 is 9.90 Å². The molecule has 2 nitrogen and oxygen atoms in total. The standard InChI is InChI=1S/C11H22.C3H4O2/c1-11-9-7-5-3-2-4-6-8-10-11;1-2-3(4)5/h11H,2-10H2,1H3;2H,1H2,(H,4,5)/p-1. The molecule has 0 amide bonds. The van der Waals surface area contributed by atoms with Gasteiger partial charge in [-0.05, 0) is 12.0 Å². The van der Waals surface area contributed by atoms with Crippen LogP contribution in [0, 0.1) is 5.92 Å². The summed E-state index contributed by atoms with van der Waals surface area (Å²) in [5.41, 5.74) is 0. The maximum atomic E-state index is 9.14. The van der Waals surface area contributed by atoms with Gasteiger partial charge >= 0.3 is 0 Å². The van der Waals surface area contributed by atoms with E-state index >= 15 is 0 Å². The number of hydrogen-bond donors (Lipinski definition) is 0. The molecule has 0 aliphatic heterocycles. The minimum Gasteiger partial charge on any atom is -0.545 e. The van der Waals surface area contributed by atoms with Gasteiger partial charge in [0.1, 0.15) is 0 Å². The molecule has 16 heavy (non-hydrogen) atoms. The average molecular weight is 225 g/mol. The number of aliphatic carboxylic acids is 1. The van der Waals surface area contributed by atoms with Crippen LogP contribution in [0.1, 0.15) is 64.7 Å². The van der Waals surface area contributed by atoms with E-state index in [4.69, 9.17) is 9.90 Å². The molecule has 0 saturated heterocycles. The van der Waals surface area contributed by atoms with Gasteiger partial charge in [0.25, 0.3) is 0 Å². The number of carbonyl (C=O) groups excluding carboxylic acids is 1. The highest BCUT2D eigenvalue weighted by Crippen LogP contribution is 2.20. The van der Waals surface area contributed by atoms with Crippen molar-refractivity contribution in [3.63, 3.8) is 0 Å². The second-order valence-electron chi connectivity index (χ2n) is 4.68. The Morgan fingerprint density at radius 2 is 1.38 bits per heavy atom. The Bertz CT molecular complexity index is 177. The maximum absolute atomic E-state index is 9.14. The van der Waals surface area contributed by atoms with Crippen molar-refractivity contribution in [2.75, 3.05) is 0 Å². The lowest BCUT2D eigenvalue weighted by Crippen LogP contribution is -2.17. The van der Waals surface area contributed by atoms with Gasteiger partial charge in [-0.3, -0.25) is 0 Å². The summed E-state index contributed by atoms with van der Waals surface area (Å²) >= 11 is 0. The van der Waals surface area contributed by atoms with E-state index in [2.05, 4.69) is 13.5 Å². The summed E-state index contributed by atoms with van der Waals surface area (Å²) < 4.78 is 0. The Morgan fingerprint density at radius 1 is 1.06 bits per heavy atom. The van der Waals surface area contributed by atoms with Crippen molar-refractivity contribution in [3.05, 3.63) is 12.7 Å². The summed E-state index contributed by atoms with van der Waals surface area (Å²) in [6, 6.07) is 0. The van der Waals surface area contributed by atoms with Crippen LogP contribution >= 0.6 is 0 Å². The number of rotatable bonds is 1. The first-order valence-electron chi connectivity index (χ1n) is 6.50. The van der Waals surface area contributed by atoms with Gasteiger partial charge in [0.05, 0.1) is 5.97 Å². The average Bonchev–Trinajstić information content (AvgIpc) is 2.28. The van der Waals surface area contributed by atoms with Crippen LogP contribution in [0.25, 0.3) is 0 Å². The van der Waals surface area contributed by atoms with Crippen LogP contribution in [-0.4, -0.2) is 5.97 Å². The van der Waals surface area contributed by atoms with Crippen molar-refractivity contribution in [3.8, 4) is 0 Å². The molecule has 1 saturated carbocycles. The van der Waals surface area contributed by atoms with E-state index in [1.54, 1.807) is 0 Å². The zero-order valence-corrected chi connectivity index (χ0v) is 10.5. The molecule has 0 aromatic rings. The lowest BCUT2D eigenvalue weighted by atomic mass is 9.94. The summed E-state index contributed by atoms with van der Waals surface area (Å²) in [5.74, 6) is -0.224. The molecule has 0 heterocycles. The molecule has 0 aromatic heterocycles. The molecule has 0 radical (unpaired) electrons. The predicted molar refractivity (Wildman–Crippen MR) is 65.9 cm³/mol. The SMILES string of the molecule is C=CC(=O)[O-].CC1CCCCCCCCC1. The summed E-state index contributed by atoms with van der Waals surface area (Å²) in [6.07, 6.45) is 14.1. The molecule has 1 rings (SSSR count). The van der Waals surface area contributed by atoms with Crippen LogP contribution in [-0.2, 0) is 4.79 Å². The fourth-order valence-corrected chi connectivity index (χ4v) is 2.01. The molecular formula is C14H25O2-. The molecule has 0 aromatic carbocycles. The van der Waals surface area contributed by atoms with E-state index in [1.807, 2.05) is 0 Å². The van der Waals surface area contributed by atoms with Crippen molar-refractivity contribution in [2.24, 2.45) is 5.92 Å². The number of hydrogen-bond acceptors (Lipinski definition) is 2. The summed E-state index contributed by atoms with van der Waals surface area (Å²) in [7, 11) is 0. The summed E-state index contributed by atoms with van der Waals surface area (Å²) in [5, 5.41) is 9.14. The van der Waals surface area contributed by atoms with Gasteiger partial charge in [-0.25, -0.2) is 0 Å². The highest BCUT2D eigenvalue weighted by molar-refractivity contribution is 5.76. The number of carboxylic acids is 1. The van der Waals surface area contributed by atoms with E-state index in [-0.39, 0.29) is 0 Å². The van der Waals surface area contributed by atoms with Crippen LogP contribution in [0.3, 0.4) is 0 Å². The van der Waals surface area contributed by atoms with Crippen LogP contribution in [0.2, 0.25) is 0 Å². The lowest BCUT2D eigenvalue weighted by Gasteiger charge is -2.12. The largest absolute Gasteiger partial charge is 0.545 e. The Balaban J connectivity index is 0.000000385. The van der Waals surface area contributed by atoms with Gasteiger partial charge in [0.15, 0.2) is 0 Å². The molecule has 0 unspecified atom stereocenters. The third-order valence-corrected chi connectivity index (χ3v) is 3.06. The zero-order valence-electron chi connectivity index (χ0n) is 10.5. The van der Waals surface area contributed by atoms with Crippen LogP contribution in [0.15, 0.2) is 12.7 Å². The molecule has 1 fully saturated rings. The Labute approximate surface area is 99.7 Å². The fraction of sp³-hybridized carbons (Fsp3) is 0.786. The number of carbonyl (C=O) groups is 1. The highest BCUT2D eigenvalue weighted by Gasteiger charge is 2.03. The molecule has 2 heteroatoms. The normalized spacial score (nSPS) is 19.1. The third kappa shape index (κ3) is 11.3. The van der Waals surface area contributed by atoms with Crippen LogP contribution < -0.4 is 5.11 Å². The van der Waals surface area contributed by atoms with E-state index in [9.17, 15) is 0 Å². The Hall–Kier alpha value is -0.790. The van der Waals surface area contributed by atoms with Crippen molar-refractivity contribution in [1.82, 2.24) is 0 Å². The van der Waals surface area contributed by atoms with Gasteiger partial charge in [0, 0.05) is 0 Å². The van der Waals surface area contributed by atoms with Crippen molar-refractivity contribution in [1.29, 1.82) is 0 Å². The van der Waals surface area contributed by atoms with E-state index in [0.717, 1.165) is 12.0 Å². The van der Waals surface area contributed by atoms with E-state index < -0.39 is 5.97 Å². The first kappa shape index (κ1) is 15.2. The Kier molecular flexibility index (Phi) is 10.2. The van der Waals surface area contributed by atoms with Gasteiger partial charge in [-0.15, -0.1) is 0 Å². The predicted octanol–water partition coefficient (Wildman–Crippen LogP) is 3.07. The van der Waals surface area contributed by atoms with Gasteiger partial charge in [-0.2, -0.15) is 0 Å². The van der Waals surface area contributed by atoms with Gasteiger partial charge in [-0.1, -0.05) is 71.3 Å². The van der Waals surface area contributed by atoms with E-state index in [1.165, 1.54) is 57.8 Å². The minimum absolute atomic E-state index is 0.722. The summed E-state index contributed by atoms with van der Waals surface area (Å²) in [4.78, 5) is 9.14. The molecule has 1 aliphatic rings. The smallest absolute Gasteiger partial charge is 0.0636 e. The maximum Gasteiger partial charge on any atom is 0.0636 e. The Morgan fingerprint density at radius 3 is 1.69 bits per heavy atom. The second kappa shape index (κ2) is 10.7. The number of carboxylic acid groups (broad SMARTS) is 1. The second-order valence-corrected chi connectivity index (χ2v) is 4.68. The molecule has 0 spiro atoms. The molecule has 0 bridgehead atoms. The topological polar surface area (TPSA) is 40.1 Å². The fourth-order valence-electron chi connectivity index (χ4n) is 2.01. The monoisotopic (exact) mass is 225 g/mol. The summed E-state index contributed by atoms with van der Waals surface area (Å²) in [6.45, 7) is 5.32. The van der Waals surface area contributed by atoms with Gasteiger partial charge in [0.2, 0.25) is 0 Å². The zero-order chi connectivity index (χ0) is 12.2. The first-order valence-corrected chi connectivity index (χ1v) is 6.50. The molecular weight excluding hydrogens is 200 g/mol. The minimum atomic E-state index is -1.23. The lowest BCUT2D eigenvalue weighted by molar-refractivity contribution is -0.297. The molecule has 1 aliphatic carbocycles. The quantitative estimate of drug-likeness (QED) is 0.643. The van der Waals surface area contributed by atoms with Crippen molar-refractivity contribution in [2.45, 2.75) is 64.7 Å². The molecule has 0 N–H and O–H groups in total. The molecule has 94 valence electrons. The van der Waals surface area contributed by atoms with Crippen molar-refractivity contribution >= 4 is 5.97 Å². The highest BCUT2D eigenvalue weighted by atomic mass is 16.4. The van der Waals surface area contributed by atoms with Crippen molar-refractivity contribution < 1.29 is 9.90 Å². The first-order chi connectivity index (χ1) is 7.66.